The van der Waals surface area contributed by atoms with Gasteiger partial charge in [0.25, 0.3) is 0 Å². The maximum absolute atomic E-state index is 13.0. The van der Waals surface area contributed by atoms with Gasteiger partial charge in [0, 0.05) is 28.7 Å². The molecule has 24 heavy (non-hydrogen) atoms. The normalized spacial score (nSPS) is 19.0. The molecule has 1 aliphatic rings. The van der Waals surface area contributed by atoms with Crippen molar-refractivity contribution in [2.45, 2.75) is 12.3 Å². The lowest BCUT2D eigenvalue weighted by atomic mass is 10.1. The average Bonchev–Trinajstić information content (AvgIpc) is 3.21. The molecule has 120 valence electrons. The van der Waals surface area contributed by atoms with Gasteiger partial charge in [0.15, 0.2) is 0 Å². The zero-order chi connectivity index (χ0) is 16.5. The maximum atomic E-state index is 13.0. The highest BCUT2D eigenvalue weighted by molar-refractivity contribution is 7.13. The summed E-state index contributed by atoms with van der Waals surface area (Å²) in [6.45, 7) is 0. The van der Waals surface area contributed by atoms with Crippen LogP contribution in [0, 0.1) is 11.7 Å². The van der Waals surface area contributed by atoms with Crippen LogP contribution < -0.4 is 5.32 Å². The van der Waals surface area contributed by atoms with Crippen LogP contribution in [0.4, 0.5) is 10.1 Å². The van der Waals surface area contributed by atoms with E-state index in [9.17, 15) is 9.18 Å². The van der Waals surface area contributed by atoms with E-state index in [2.05, 4.69) is 10.3 Å². The van der Waals surface area contributed by atoms with E-state index in [1.54, 1.807) is 29.7 Å². The molecule has 1 saturated carbocycles. The Bertz CT molecular complexity index is 844. The Morgan fingerprint density at radius 3 is 2.54 bits per heavy atom. The summed E-state index contributed by atoms with van der Waals surface area (Å²) in [5.74, 6) is -0.0682. The Morgan fingerprint density at radius 1 is 1.12 bits per heavy atom. The fourth-order valence-electron chi connectivity index (χ4n) is 2.86. The third kappa shape index (κ3) is 3.08. The number of nitrogens with zero attached hydrogens (tertiary/aromatic N) is 1. The van der Waals surface area contributed by atoms with E-state index in [0.717, 1.165) is 28.2 Å². The van der Waals surface area contributed by atoms with Gasteiger partial charge in [-0.15, -0.1) is 11.3 Å². The maximum Gasteiger partial charge on any atom is 0.228 e. The van der Waals surface area contributed by atoms with Gasteiger partial charge in [-0.1, -0.05) is 12.1 Å². The Kier molecular flexibility index (Phi) is 3.86. The Balaban J connectivity index is 1.39. The van der Waals surface area contributed by atoms with Gasteiger partial charge in [-0.3, -0.25) is 4.79 Å². The molecule has 2 atom stereocenters. The van der Waals surface area contributed by atoms with Gasteiger partial charge in [0.05, 0.1) is 0 Å². The second kappa shape index (κ2) is 6.17. The van der Waals surface area contributed by atoms with Crippen molar-refractivity contribution in [3.63, 3.8) is 0 Å². The van der Waals surface area contributed by atoms with Gasteiger partial charge < -0.3 is 5.32 Å². The molecule has 1 heterocycles. The highest BCUT2D eigenvalue weighted by Gasteiger charge is 2.43. The van der Waals surface area contributed by atoms with Crippen molar-refractivity contribution >= 4 is 22.9 Å². The van der Waals surface area contributed by atoms with E-state index in [1.165, 1.54) is 12.1 Å². The van der Waals surface area contributed by atoms with Crippen molar-refractivity contribution in [1.82, 2.24) is 4.98 Å². The number of anilines is 1. The van der Waals surface area contributed by atoms with Crippen molar-refractivity contribution in [2.75, 3.05) is 5.32 Å². The monoisotopic (exact) mass is 338 g/mol. The lowest BCUT2D eigenvalue weighted by molar-refractivity contribution is -0.117. The smallest absolute Gasteiger partial charge is 0.228 e. The standard InChI is InChI=1S/C19H15FN2OS/c20-14-5-1-12(2-6-14)16-11-17(16)18(23)22-15-7-3-13(4-8-15)19-21-9-10-24-19/h1-10,16-17H,11H2,(H,22,23). The molecular formula is C19H15FN2OS. The van der Waals surface area contributed by atoms with Crippen LogP contribution in [0.1, 0.15) is 17.9 Å². The average molecular weight is 338 g/mol. The molecule has 1 fully saturated rings. The summed E-state index contributed by atoms with van der Waals surface area (Å²) in [6, 6.07) is 14.1. The van der Waals surface area contributed by atoms with Gasteiger partial charge >= 0.3 is 0 Å². The first-order chi connectivity index (χ1) is 11.7. The molecule has 0 saturated heterocycles. The van der Waals surface area contributed by atoms with Crippen molar-refractivity contribution < 1.29 is 9.18 Å². The van der Waals surface area contributed by atoms with Crippen molar-refractivity contribution in [3.05, 3.63) is 71.5 Å². The molecule has 1 N–H and O–H groups in total. The van der Waals surface area contributed by atoms with Crippen LogP contribution in [0.15, 0.2) is 60.1 Å². The quantitative estimate of drug-likeness (QED) is 0.750. The van der Waals surface area contributed by atoms with E-state index in [1.807, 2.05) is 29.6 Å². The first-order valence-electron chi connectivity index (χ1n) is 7.77. The summed E-state index contributed by atoms with van der Waals surface area (Å²) in [7, 11) is 0. The number of carbonyl (C=O) groups is 1. The zero-order valence-electron chi connectivity index (χ0n) is 12.8. The summed E-state index contributed by atoms with van der Waals surface area (Å²) >= 11 is 1.58. The van der Waals surface area contributed by atoms with Crippen LogP contribution in [0.5, 0.6) is 0 Å². The molecule has 4 rings (SSSR count). The Morgan fingerprint density at radius 2 is 1.88 bits per heavy atom. The molecule has 1 aliphatic carbocycles. The molecular weight excluding hydrogens is 323 g/mol. The molecule has 1 aromatic heterocycles. The van der Waals surface area contributed by atoms with Crippen LogP contribution in [-0.4, -0.2) is 10.9 Å². The lowest BCUT2D eigenvalue weighted by Crippen LogP contribution is -2.14. The number of amides is 1. The van der Waals surface area contributed by atoms with E-state index in [-0.39, 0.29) is 23.6 Å². The first kappa shape index (κ1) is 15.0. The number of rotatable bonds is 4. The minimum atomic E-state index is -0.249. The number of carbonyl (C=O) groups excluding carboxylic acids is 1. The summed E-state index contributed by atoms with van der Waals surface area (Å²) in [4.78, 5) is 16.6. The van der Waals surface area contributed by atoms with Crippen LogP contribution in [-0.2, 0) is 4.79 Å². The number of nitrogens with one attached hydrogen (secondary N) is 1. The van der Waals surface area contributed by atoms with Crippen LogP contribution in [0.2, 0.25) is 0 Å². The third-order valence-electron chi connectivity index (χ3n) is 4.26. The van der Waals surface area contributed by atoms with E-state index in [0.29, 0.717) is 0 Å². The largest absolute Gasteiger partial charge is 0.326 e. The molecule has 5 heteroatoms. The summed E-state index contributed by atoms with van der Waals surface area (Å²) < 4.78 is 13.0. The number of aromatic nitrogens is 1. The molecule has 2 aromatic carbocycles. The number of benzene rings is 2. The number of hydrogen-bond acceptors (Lipinski definition) is 3. The minimum absolute atomic E-state index is 0.0197. The Hall–Kier alpha value is -2.53. The summed E-state index contributed by atoms with van der Waals surface area (Å²) in [5, 5.41) is 5.86. The predicted octanol–water partition coefficient (Wildman–Crippen LogP) is 4.69. The minimum Gasteiger partial charge on any atom is -0.326 e. The SMILES string of the molecule is O=C(Nc1ccc(-c2nccs2)cc1)C1CC1c1ccc(F)cc1. The predicted molar refractivity (Wildman–Crippen MR) is 93.4 cm³/mol. The van der Waals surface area contributed by atoms with Gasteiger partial charge in [-0.2, -0.15) is 0 Å². The van der Waals surface area contributed by atoms with Crippen molar-refractivity contribution in [3.8, 4) is 10.6 Å². The molecule has 2 unspecified atom stereocenters. The molecule has 1 amide bonds. The van der Waals surface area contributed by atoms with Crippen LogP contribution in [0.25, 0.3) is 10.6 Å². The molecule has 0 bridgehead atoms. The molecule has 0 radical (unpaired) electrons. The van der Waals surface area contributed by atoms with E-state index < -0.39 is 0 Å². The van der Waals surface area contributed by atoms with Crippen LogP contribution in [0.3, 0.4) is 0 Å². The number of halogens is 1. The van der Waals surface area contributed by atoms with Crippen LogP contribution >= 0.6 is 11.3 Å². The third-order valence-corrected chi connectivity index (χ3v) is 5.08. The van der Waals surface area contributed by atoms with Gasteiger partial charge in [-0.05, 0) is 54.3 Å². The molecule has 3 nitrogen and oxygen atoms in total. The zero-order valence-corrected chi connectivity index (χ0v) is 13.6. The second-order valence-corrected chi connectivity index (χ2v) is 6.80. The van der Waals surface area contributed by atoms with Crippen molar-refractivity contribution in [2.24, 2.45) is 5.92 Å². The number of thiazole rings is 1. The van der Waals surface area contributed by atoms with Gasteiger partial charge in [-0.25, -0.2) is 9.37 Å². The fourth-order valence-corrected chi connectivity index (χ4v) is 3.50. The number of hydrogen-bond donors (Lipinski definition) is 1. The molecule has 0 spiro atoms. The molecule has 3 aromatic rings. The lowest BCUT2D eigenvalue weighted by Gasteiger charge is -2.06. The second-order valence-electron chi connectivity index (χ2n) is 5.90. The van der Waals surface area contributed by atoms with E-state index in [4.69, 9.17) is 0 Å². The van der Waals surface area contributed by atoms with Gasteiger partial charge in [0.1, 0.15) is 10.8 Å². The Labute approximate surface area is 143 Å². The summed E-state index contributed by atoms with van der Waals surface area (Å²) in [5.41, 5.74) is 2.85. The highest BCUT2D eigenvalue weighted by Crippen LogP contribution is 2.48. The fraction of sp³-hybridized carbons (Fsp3) is 0.158. The topological polar surface area (TPSA) is 42.0 Å². The van der Waals surface area contributed by atoms with Gasteiger partial charge in [0.2, 0.25) is 5.91 Å². The first-order valence-corrected chi connectivity index (χ1v) is 8.65. The van der Waals surface area contributed by atoms with Crippen molar-refractivity contribution in [1.29, 1.82) is 0 Å². The molecule has 0 aliphatic heterocycles. The summed E-state index contributed by atoms with van der Waals surface area (Å²) in [6.07, 6.45) is 2.59. The van der Waals surface area contributed by atoms with E-state index >= 15 is 0 Å². The highest BCUT2D eigenvalue weighted by atomic mass is 32.1.